The Morgan fingerprint density at radius 1 is 0.917 bits per heavy atom. The van der Waals surface area contributed by atoms with Crippen molar-refractivity contribution >= 4 is 6.16 Å². The van der Waals surface area contributed by atoms with Crippen LogP contribution in [0.5, 0.6) is 0 Å². The fourth-order valence-electron chi connectivity index (χ4n) is 0.0833. The van der Waals surface area contributed by atoms with Crippen molar-refractivity contribution in [1.82, 2.24) is 0 Å². The third-order valence-corrected chi connectivity index (χ3v) is 0.333. The number of methoxy groups -OCH3 is 2. The van der Waals surface area contributed by atoms with E-state index in [-0.39, 0.29) is 0 Å². The van der Waals surface area contributed by atoms with E-state index in [0.717, 1.165) is 0 Å². The maximum atomic E-state index is 9.74. The average Bonchev–Trinajstić information content (AvgIpc) is 2.06. The summed E-state index contributed by atoms with van der Waals surface area (Å²) in [5, 5.41) is 0. The Hall–Kier alpha value is -0.730. The molecule has 0 amide bonds. The van der Waals surface area contributed by atoms with Gasteiger partial charge >= 0.3 is 6.16 Å². The minimum absolute atomic E-state index is 0.657. The van der Waals surface area contributed by atoms with Gasteiger partial charge in [0.05, 0.1) is 14.2 Å². The number of hydrogen-bond donors (Lipinski definition) is 0. The summed E-state index contributed by atoms with van der Waals surface area (Å²) < 4.78 is 8.08. The van der Waals surface area contributed by atoms with Crippen molar-refractivity contribution in [3.63, 3.8) is 0 Å². The van der Waals surface area contributed by atoms with Crippen LogP contribution < -0.4 is 0 Å². The van der Waals surface area contributed by atoms with Gasteiger partial charge in [-0.05, 0) is 0 Å². The van der Waals surface area contributed by atoms with E-state index >= 15 is 0 Å². The summed E-state index contributed by atoms with van der Waals surface area (Å²) in [6.07, 6.45) is 1.84. The topological polar surface area (TPSA) is 35.5 Å². The third kappa shape index (κ3) is 59.3. The fraction of sp³-hybridized carbons (Fsp3) is 0.889. The first-order chi connectivity index (χ1) is 5.64. The van der Waals surface area contributed by atoms with Crippen LogP contribution in [0, 0.1) is 0 Å². The van der Waals surface area contributed by atoms with Gasteiger partial charge in [0.1, 0.15) is 0 Å². The molecule has 12 heavy (non-hydrogen) atoms. The van der Waals surface area contributed by atoms with Crippen LogP contribution in [0.2, 0.25) is 0 Å². The molecule has 0 bridgehead atoms. The van der Waals surface area contributed by atoms with Crippen LogP contribution in [0.25, 0.3) is 0 Å². The van der Waals surface area contributed by atoms with Gasteiger partial charge in [-0.3, -0.25) is 0 Å². The standard InChI is InChI=1S/C3H6O3.2C3H8/c1-5-3(4)6-2;2*1-3-2/h1-2H3;2*3H2,1-2H3. The van der Waals surface area contributed by atoms with Crippen LogP contribution >= 0.6 is 0 Å². The molecule has 0 N–H and O–H groups in total. The second-order valence-electron chi connectivity index (χ2n) is 2.07. The summed E-state index contributed by atoms with van der Waals surface area (Å²) >= 11 is 0. The van der Waals surface area contributed by atoms with E-state index in [1.54, 1.807) is 0 Å². The van der Waals surface area contributed by atoms with Crippen molar-refractivity contribution in [1.29, 1.82) is 0 Å². The first kappa shape index (κ1) is 17.4. The molecule has 0 atom stereocenters. The molecule has 0 aliphatic carbocycles. The molecular formula is C9H22O3. The molecule has 0 rings (SSSR count). The SMILES string of the molecule is CCC.CCC.COC(=O)OC. The average molecular weight is 178 g/mol. The molecule has 0 unspecified atom stereocenters. The Bertz CT molecular complexity index is 64.2. The monoisotopic (exact) mass is 178 g/mol. The number of rotatable bonds is 0. The first-order valence-corrected chi connectivity index (χ1v) is 4.26. The van der Waals surface area contributed by atoms with Crippen LogP contribution in [0.1, 0.15) is 40.5 Å². The van der Waals surface area contributed by atoms with Crippen LogP contribution in [0.4, 0.5) is 4.79 Å². The van der Waals surface area contributed by atoms with E-state index in [1.165, 1.54) is 27.1 Å². The summed E-state index contributed by atoms with van der Waals surface area (Å²) in [6.45, 7) is 8.50. The molecule has 0 aliphatic rings. The molecular weight excluding hydrogens is 156 g/mol. The van der Waals surface area contributed by atoms with Gasteiger partial charge < -0.3 is 9.47 Å². The van der Waals surface area contributed by atoms with E-state index in [4.69, 9.17) is 0 Å². The van der Waals surface area contributed by atoms with Crippen molar-refractivity contribution in [2.45, 2.75) is 40.5 Å². The van der Waals surface area contributed by atoms with Crippen LogP contribution in [0.3, 0.4) is 0 Å². The summed E-state index contributed by atoms with van der Waals surface area (Å²) in [4.78, 5) is 9.74. The molecule has 0 saturated carbocycles. The fourth-order valence-corrected chi connectivity index (χ4v) is 0.0833. The van der Waals surface area contributed by atoms with Crippen LogP contribution in [-0.4, -0.2) is 20.4 Å². The van der Waals surface area contributed by atoms with E-state index in [0.29, 0.717) is 0 Å². The second-order valence-corrected chi connectivity index (χ2v) is 2.07. The molecule has 0 aromatic rings. The smallest absolute Gasteiger partial charge is 0.438 e. The maximum absolute atomic E-state index is 9.74. The van der Waals surface area contributed by atoms with Gasteiger partial charge in [0.2, 0.25) is 0 Å². The molecule has 3 heteroatoms. The Labute approximate surface area is 76.1 Å². The van der Waals surface area contributed by atoms with Crippen molar-refractivity contribution in [2.24, 2.45) is 0 Å². The summed E-state index contributed by atoms with van der Waals surface area (Å²) in [7, 11) is 2.51. The molecule has 0 aromatic carbocycles. The molecule has 3 nitrogen and oxygen atoms in total. The summed E-state index contributed by atoms with van der Waals surface area (Å²) in [6, 6.07) is 0. The zero-order valence-electron chi connectivity index (χ0n) is 9.14. The minimum atomic E-state index is -0.657. The maximum Gasteiger partial charge on any atom is 0.507 e. The van der Waals surface area contributed by atoms with Crippen molar-refractivity contribution < 1.29 is 14.3 Å². The Morgan fingerprint density at radius 2 is 1.08 bits per heavy atom. The number of carbonyl (C=O) groups is 1. The summed E-state index contributed by atoms with van der Waals surface area (Å²) in [5.74, 6) is 0. The van der Waals surface area contributed by atoms with E-state index in [9.17, 15) is 4.79 Å². The first-order valence-electron chi connectivity index (χ1n) is 4.26. The van der Waals surface area contributed by atoms with Gasteiger partial charge in [-0.1, -0.05) is 40.5 Å². The van der Waals surface area contributed by atoms with Crippen molar-refractivity contribution in [3.8, 4) is 0 Å². The van der Waals surface area contributed by atoms with E-state index < -0.39 is 6.16 Å². The lowest BCUT2D eigenvalue weighted by Gasteiger charge is -1.89. The van der Waals surface area contributed by atoms with Gasteiger partial charge in [0.15, 0.2) is 0 Å². The third-order valence-electron chi connectivity index (χ3n) is 0.333. The van der Waals surface area contributed by atoms with Crippen molar-refractivity contribution in [2.75, 3.05) is 14.2 Å². The van der Waals surface area contributed by atoms with E-state index in [1.807, 2.05) is 0 Å². The quantitative estimate of drug-likeness (QED) is 0.534. The lowest BCUT2D eigenvalue weighted by atomic mass is 10.6. The number of carbonyl (C=O) groups excluding carboxylic acids is 1. The van der Waals surface area contributed by atoms with Gasteiger partial charge in [-0.15, -0.1) is 0 Å². The van der Waals surface area contributed by atoms with Gasteiger partial charge in [-0.2, -0.15) is 0 Å². The minimum Gasteiger partial charge on any atom is -0.438 e. The molecule has 0 spiro atoms. The Morgan fingerprint density at radius 3 is 1.08 bits per heavy atom. The molecule has 76 valence electrons. The second kappa shape index (κ2) is 22.4. The number of ether oxygens (including phenoxy) is 2. The summed E-state index contributed by atoms with van der Waals surface area (Å²) in [5.41, 5.74) is 0. The molecule has 0 radical (unpaired) electrons. The zero-order valence-corrected chi connectivity index (χ0v) is 9.14. The largest absolute Gasteiger partial charge is 0.507 e. The van der Waals surface area contributed by atoms with Gasteiger partial charge in [-0.25, -0.2) is 4.79 Å². The predicted octanol–water partition coefficient (Wildman–Crippen LogP) is 3.23. The predicted molar refractivity (Wildman–Crippen MR) is 51.3 cm³/mol. The molecule has 0 saturated heterocycles. The highest BCUT2D eigenvalue weighted by Crippen LogP contribution is 1.72. The van der Waals surface area contributed by atoms with Crippen LogP contribution in [-0.2, 0) is 9.47 Å². The Kier molecular flexibility index (Phi) is 32.5. The highest BCUT2D eigenvalue weighted by atomic mass is 16.7. The highest BCUT2D eigenvalue weighted by molar-refractivity contribution is 5.59. The Balaban J connectivity index is -0.000000115. The highest BCUT2D eigenvalue weighted by Gasteiger charge is 1.88. The molecule has 0 fully saturated rings. The lowest BCUT2D eigenvalue weighted by molar-refractivity contribution is 0.0924. The number of hydrogen-bond acceptors (Lipinski definition) is 3. The lowest BCUT2D eigenvalue weighted by Crippen LogP contribution is -1.97. The van der Waals surface area contributed by atoms with Crippen LogP contribution in [0.15, 0.2) is 0 Å². The van der Waals surface area contributed by atoms with Crippen molar-refractivity contribution in [3.05, 3.63) is 0 Å². The molecule has 0 aliphatic heterocycles. The van der Waals surface area contributed by atoms with Gasteiger partial charge in [0, 0.05) is 0 Å². The molecule has 0 heterocycles. The zero-order chi connectivity index (χ0) is 10.4. The molecule has 0 aromatic heterocycles. The van der Waals surface area contributed by atoms with Gasteiger partial charge in [0.25, 0.3) is 0 Å². The normalized spacial score (nSPS) is 6.50. The van der Waals surface area contributed by atoms with E-state index in [2.05, 4.69) is 37.2 Å².